The van der Waals surface area contributed by atoms with E-state index >= 15 is 0 Å². The molecular weight excluding hydrogens is 378 g/mol. The Hall–Kier alpha value is -2.12. The second-order valence-corrected chi connectivity index (χ2v) is 10.3. The van der Waals surface area contributed by atoms with Gasteiger partial charge < -0.3 is 4.90 Å². The summed E-state index contributed by atoms with van der Waals surface area (Å²) in [4.78, 5) is 14.1. The number of hydrogen-bond donors (Lipinski definition) is 0. The van der Waals surface area contributed by atoms with Gasteiger partial charge in [0.05, 0.1) is 29.0 Å². The van der Waals surface area contributed by atoms with Crippen molar-refractivity contribution in [3.8, 4) is 6.07 Å². The van der Waals surface area contributed by atoms with E-state index in [0.717, 1.165) is 10.6 Å². The van der Waals surface area contributed by atoms with E-state index in [1.54, 1.807) is 19.1 Å². The highest BCUT2D eigenvalue weighted by molar-refractivity contribution is 7.92. The van der Waals surface area contributed by atoms with Crippen molar-refractivity contribution in [1.82, 2.24) is 4.90 Å². The predicted octanol–water partition coefficient (Wildman–Crippen LogP) is 0.360. The molecule has 10 heteroatoms. The fourth-order valence-electron chi connectivity index (χ4n) is 3.04. The van der Waals surface area contributed by atoms with Crippen molar-refractivity contribution in [2.45, 2.75) is 19.4 Å². The molecule has 2 rings (SSSR count). The number of nitriles is 1. The predicted molar refractivity (Wildman–Crippen MR) is 97.8 cm³/mol. The van der Waals surface area contributed by atoms with E-state index in [9.17, 15) is 26.9 Å². The summed E-state index contributed by atoms with van der Waals surface area (Å²) < 4.78 is 48.7. The van der Waals surface area contributed by atoms with Crippen molar-refractivity contribution in [2.24, 2.45) is 0 Å². The van der Waals surface area contributed by atoms with Crippen LogP contribution in [-0.4, -0.2) is 64.5 Å². The van der Waals surface area contributed by atoms with Gasteiger partial charge in [0.2, 0.25) is 15.9 Å². The van der Waals surface area contributed by atoms with E-state index in [2.05, 4.69) is 0 Å². The Balaban J connectivity index is 2.31. The Kier molecular flexibility index (Phi) is 5.93. The molecule has 1 aliphatic rings. The van der Waals surface area contributed by atoms with Crippen LogP contribution in [0.2, 0.25) is 0 Å². The Morgan fingerprint density at radius 2 is 2.00 bits per heavy atom. The number of sulfone groups is 1. The molecule has 0 radical (unpaired) electrons. The van der Waals surface area contributed by atoms with E-state index in [1.165, 1.54) is 17.0 Å². The number of carbonyl (C=O) groups excluding carboxylic acids is 1. The Labute approximate surface area is 154 Å². The molecule has 1 aliphatic heterocycles. The lowest BCUT2D eigenvalue weighted by Crippen LogP contribution is -2.47. The van der Waals surface area contributed by atoms with Gasteiger partial charge in [-0.05, 0) is 25.5 Å². The fraction of sp³-hybridized carbons (Fsp3) is 0.500. The normalized spacial score (nSPS) is 18.9. The molecule has 1 aromatic carbocycles. The smallest absolute Gasteiger partial charge is 0.243 e. The number of benzene rings is 1. The summed E-state index contributed by atoms with van der Waals surface area (Å²) in [5, 5.41) is 9.22. The summed E-state index contributed by atoms with van der Waals surface area (Å²) in [7, 11) is -6.99. The van der Waals surface area contributed by atoms with Gasteiger partial charge in [0, 0.05) is 12.6 Å². The minimum Gasteiger partial charge on any atom is -0.337 e. The summed E-state index contributed by atoms with van der Waals surface area (Å²) in [5.74, 6) is -0.581. The third kappa shape index (κ3) is 4.53. The quantitative estimate of drug-likeness (QED) is 0.682. The summed E-state index contributed by atoms with van der Waals surface area (Å²) in [6.07, 6.45) is 1.31. The maximum absolute atomic E-state index is 12.7. The van der Waals surface area contributed by atoms with Gasteiger partial charge >= 0.3 is 0 Å². The monoisotopic (exact) mass is 399 g/mol. The first-order chi connectivity index (χ1) is 12.1. The lowest BCUT2D eigenvalue weighted by Gasteiger charge is -2.30. The zero-order valence-corrected chi connectivity index (χ0v) is 16.3. The van der Waals surface area contributed by atoms with Gasteiger partial charge in [0.1, 0.15) is 12.6 Å². The third-order valence-electron chi connectivity index (χ3n) is 4.28. The maximum atomic E-state index is 12.7. The molecule has 0 bridgehead atoms. The van der Waals surface area contributed by atoms with Gasteiger partial charge in [-0.25, -0.2) is 16.8 Å². The second kappa shape index (κ2) is 7.63. The summed E-state index contributed by atoms with van der Waals surface area (Å²) >= 11 is 0. The number of hydrogen-bond acceptors (Lipinski definition) is 6. The van der Waals surface area contributed by atoms with Crippen LogP contribution in [0, 0.1) is 11.3 Å². The number of para-hydroxylation sites is 1. The van der Waals surface area contributed by atoms with Crippen LogP contribution in [0.1, 0.15) is 18.9 Å². The minimum atomic E-state index is -3.82. The van der Waals surface area contributed by atoms with E-state index in [1.807, 2.05) is 6.07 Å². The topological polar surface area (TPSA) is 116 Å². The van der Waals surface area contributed by atoms with Gasteiger partial charge in [0.15, 0.2) is 9.84 Å². The molecule has 8 nitrogen and oxygen atoms in total. The highest BCUT2D eigenvalue weighted by atomic mass is 32.2. The maximum Gasteiger partial charge on any atom is 0.243 e. The van der Waals surface area contributed by atoms with Crippen LogP contribution in [0.15, 0.2) is 24.3 Å². The molecular formula is C16H21N3O5S2. The molecule has 1 amide bonds. The first-order valence-corrected chi connectivity index (χ1v) is 11.7. The Morgan fingerprint density at radius 1 is 1.35 bits per heavy atom. The van der Waals surface area contributed by atoms with Crippen LogP contribution < -0.4 is 4.31 Å². The molecule has 1 fully saturated rings. The number of rotatable bonds is 6. The molecule has 0 aromatic heterocycles. The molecule has 1 aromatic rings. The number of carbonyl (C=O) groups is 1. The van der Waals surface area contributed by atoms with Crippen molar-refractivity contribution in [3.05, 3.63) is 29.8 Å². The van der Waals surface area contributed by atoms with Crippen LogP contribution >= 0.6 is 0 Å². The molecule has 0 saturated carbocycles. The van der Waals surface area contributed by atoms with Gasteiger partial charge in [-0.15, -0.1) is 0 Å². The molecule has 26 heavy (non-hydrogen) atoms. The first kappa shape index (κ1) is 20.2. The van der Waals surface area contributed by atoms with Crippen molar-refractivity contribution in [3.63, 3.8) is 0 Å². The fourth-order valence-corrected chi connectivity index (χ4v) is 5.63. The zero-order valence-electron chi connectivity index (χ0n) is 14.6. The average Bonchev–Trinajstić information content (AvgIpc) is 2.92. The minimum absolute atomic E-state index is 0.0223. The number of sulfonamides is 1. The SMILES string of the molecule is CCN(C(=O)CN(c1ccccc1C#N)S(C)(=O)=O)C1CCS(=O)(=O)C1. The van der Waals surface area contributed by atoms with Crippen LogP contribution in [-0.2, 0) is 24.7 Å². The molecule has 0 N–H and O–H groups in total. The molecule has 1 unspecified atom stereocenters. The van der Waals surface area contributed by atoms with Crippen molar-refractivity contribution in [1.29, 1.82) is 5.26 Å². The molecule has 1 saturated heterocycles. The van der Waals surface area contributed by atoms with E-state index in [-0.39, 0.29) is 29.3 Å². The van der Waals surface area contributed by atoms with Gasteiger partial charge in [-0.2, -0.15) is 5.26 Å². The molecule has 0 aliphatic carbocycles. The lowest BCUT2D eigenvalue weighted by atomic mass is 10.2. The van der Waals surface area contributed by atoms with Gasteiger partial charge in [-0.1, -0.05) is 12.1 Å². The summed E-state index contributed by atoms with van der Waals surface area (Å²) in [6, 6.07) is 7.59. The molecule has 0 spiro atoms. The highest BCUT2D eigenvalue weighted by Crippen LogP contribution is 2.23. The molecule has 1 heterocycles. The van der Waals surface area contributed by atoms with E-state index < -0.39 is 38.4 Å². The van der Waals surface area contributed by atoms with Crippen LogP contribution in [0.25, 0.3) is 0 Å². The Morgan fingerprint density at radius 3 is 2.50 bits per heavy atom. The van der Waals surface area contributed by atoms with Crippen LogP contribution in [0.3, 0.4) is 0 Å². The van der Waals surface area contributed by atoms with Crippen LogP contribution in [0.5, 0.6) is 0 Å². The van der Waals surface area contributed by atoms with Crippen molar-refractivity contribution >= 4 is 31.5 Å². The molecule has 1 atom stereocenters. The lowest BCUT2D eigenvalue weighted by molar-refractivity contribution is -0.131. The number of anilines is 1. The zero-order chi connectivity index (χ0) is 19.5. The Bertz CT molecular complexity index is 935. The first-order valence-electron chi connectivity index (χ1n) is 8.05. The standard InChI is InChI=1S/C16H21N3O5S2/c1-3-18(14-8-9-26(23,24)12-14)16(20)11-19(25(2,21)22)15-7-5-4-6-13(15)10-17/h4-7,14H,3,8-9,11-12H2,1-2H3. The van der Waals surface area contributed by atoms with E-state index in [4.69, 9.17) is 0 Å². The number of nitrogens with zero attached hydrogens (tertiary/aromatic N) is 3. The van der Waals surface area contributed by atoms with E-state index in [0.29, 0.717) is 6.42 Å². The number of amides is 1. The van der Waals surface area contributed by atoms with Crippen molar-refractivity contribution < 1.29 is 21.6 Å². The van der Waals surface area contributed by atoms with Crippen molar-refractivity contribution in [2.75, 3.05) is 35.2 Å². The number of likely N-dealkylation sites (N-methyl/N-ethyl adjacent to an activating group) is 1. The average molecular weight is 399 g/mol. The summed E-state index contributed by atoms with van der Waals surface area (Å²) in [5.41, 5.74) is 0.262. The van der Waals surface area contributed by atoms with Crippen LogP contribution in [0.4, 0.5) is 5.69 Å². The van der Waals surface area contributed by atoms with Gasteiger partial charge in [-0.3, -0.25) is 9.10 Å². The highest BCUT2D eigenvalue weighted by Gasteiger charge is 2.35. The van der Waals surface area contributed by atoms with Gasteiger partial charge in [0.25, 0.3) is 0 Å². The second-order valence-electron chi connectivity index (χ2n) is 6.14. The largest absolute Gasteiger partial charge is 0.337 e. The molecule has 142 valence electrons. The summed E-state index contributed by atoms with van der Waals surface area (Å²) in [6.45, 7) is 1.51. The third-order valence-corrected chi connectivity index (χ3v) is 7.16.